The molecule has 2 rings (SSSR count). The summed E-state index contributed by atoms with van der Waals surface area (Å²) in [6, 6.07) is 8.08. The number of methoxy groups -OCH3 is 1. The number of piperazine rings is 1. The number of hydrogen-bond donors (Lipinski definition) is 0. The van der Waals surface area contributed by atoms with Crippen molar-refractivity contribution in [2.75, 3.05) is 52.3 Å². The quantitative estimate of drug-likeness (QED) is 0.837. The zero-order chi connectivity index (χ0) is 15.4. The summed E-state index contributed by atoms with van der Waals surface area (Å²) >= 11 is 0. The highest BCUT2D eigenvalue weighted by Crippen LogP contribution is 2.22. The third-order valence-corrected chi connectivity index (χ3v) is 4.08. The van der Waals surface area contributed by atoms with Crippen molar-refractivity contribution < 1.29 is 9.53 Å². The van der Waals surface area contributed by atoms with Gasteiger partial charge in [0.1, 0.15) is 5.75 Å². The van der Waals surface area contributed by atoms with Crippen LogP contribution in [0.3, 0.4) is 0 Å². The van der Waals surface area contributed by atoms with Crippen LogP contribution in [0.15, 0.2) is 24.3 Å². The molecule has 1 atom stereocenters. The van der Waals surface area contributed by atoms with Crippen LogP contribution in [-0.2, 0) is 4.79 Å². The molecule has 1 heterocycles. The van der Waals surface area contributed by atoms with E-state index in [-0.39, 0.29) is 11.9 Å². The average molecular weight is 291 g/mol. The van der Waals surface area contributed by atoms with Gasteiger partial charge >= 0.3 is 0 Å². The predicted octanol–water partition coefficient (Wildman–Crippen LogP) is 1.29. The number of anilines is 1. The van der Waals surface area contributed by atoms with E-state index in [9.17, 15) is 4.79 Å². The summed E-state index contributed by atoms with van der Waals surface area (Å²) in [7, 11) is 5.31. The van der Waals surface area contributed by atoms with Gasteiger partial charge in [0.2, 0.25) is 5.91 Å². The molecule has 1 fully saturated rings. The second-order valence-electron chi connectivity index (χ2n) is 5.63. The molecule has 5 heteroatoms. The highest BCUT2D eigenvalue weighted by atomic mass is 16.5. The Morgan fingerprint density at radius 1 is 1.24 bits per heavy atom. The highest BCUT2D eigenvalue weighted by Gasteiger charge is 2.26. The normalized spacial score (nSPS) is 17.4. The van der Waals surface area contributed by atoms with Crippen molar-refractivity contribution in [2.24, 2.45) is 0 Å². The molecule has 21 heavy (non-hydrogen) atoms. The van der Waals surface area contributed by atoms with Gasteiger partial charge in [-0.25, -0.2) is 0 Å². The fourth-order valence-corrected chi connectivity index (χ4v) is 2.70. The lowest BCUT2D eigenvalue weighted by molar-refractivity contribution is -0.133. The van der Waals surface area contributed by atoms with E-state index in [1.54, 1.807) is 12.0 Å². The summed E-state index contributed by atoms with van der Waals surface area (Å²) in [5.41, 5.74) is 1.18. The molecule has 0 saturated carbocycles. The van der Waals surface area contributed by atoms with Gasteiger partial charge < -0.3 is 14.5 Å². The summed E-state index contributed by atoms with van der Waals surface area (Å²) in [5.74, 6) is 1.05. The van der Waals surface area contributed by atoms with E-state index in [1.807, 2.05) is 33.2 Å². The Kier molecular flexibility index (Phi) is 5.07. The lowest BCUT2D eigenvalue weighted by Gasteiger charge is -2.39. The van der Waals surface area contributed by atoms with E-state index < -0.39 is 0 Å². The third-order valence-electron chi connectivity index (χ3n) is 4.08. The Morgan fingerprint density at radius 2 is 1.90 bits per heavy atom. The van der Waals surface area contributed by atoms with Gasteiger partial charge in [0.25, 0.3) is 0 Å². The van der Waals surface area contributed by atoms with Crippen LogP contribution in [-0.4, -0.2) is 69.1 Å². The smallest absolute Gasteiger partial charge is 0.239 e. The Morgan fingerprint density at radius 3 is 2.48 bits per heavy atom. The summed E-state index contributed by atoms with van der Waals surface area (Å²) in [6.07, 6.45) is 0. The highest BCUT2D eigenvalue weighted by molar-refractivity contribution is 5.81. The number of likely N-dealkylation sites (N-methyl/N-ethyl adjacent to an activating group) is 1. The molecular formula is C16H25N3O2. The van der Waals surface area contributed by atoms with Crippen molar-refractivity contribution in [1.82, 2.24) is 9.80 Å². The van der Waals surface area contributed by atoms with Gasteiger partial charge in [-0.1, -0.05) is 6.07 Å². The largest absolute Gasteiger partial charge is 0.497 e. The molecule has 0 bridgehead atoms. The summed E-state index contributed by atoms with van der Waals surface area (Å²) in [5, 5.41) is 0. The average Bonchev–Trinajstić information content (AvgIpc) is 2.53. The maximum atomic E-state index is 12.0. The Bertz CT molecular complexity index is 482. The van der Waals surface area contributed by atoms with E-state index in [1.165, 1.54) is 5.69 Å². The first-order chi connectivity index (χ1) is 10.0. The van der Waals surface area contributed by atoms with Gasteiger partial charge in [0.05, 0.1) is 13.2 Å². The molecule has 1 aliphatic rings. The molecule has 0 spiro atoms. The van der Waals surface area contributed by atoms with Crippen LogP contribution in [0, 0.1) is 0 Å². The van der Waals surface area contributed by atoms with Crippen LogP contribution < -0.4 is 9.64 Å². The van der Waals surface area contributed by atoms with Crippen LogP contribution in [0.25, 0.3) is 0 Å². The lowest BCUT2D eigenvalue weighted by atomic mass is 10.2. The standard InChI is InChI=1S/C16H25N3O2/c1-13(16(20)17(2)3)18-8-10-19(11-9-18)14-6-5-7-15(12-14)21-4/h5-7,12-13H,8-11H2,1-4H3. The molecule has 1 aliphatic heterocycles. The van der Waals surface area contributed by atoms with Gasteiger partial charge in [0, 0.05) is 52.0 Å². The SMILES string of the molecule is COc1cccc(N2CCN(C(C)C(=O)N(C)C)CC2)c1. The molecule has 1 unspecified atom stereocenters. The Labute approximate surface area is 127 Å². The van der Waals surface area contributed by atoms with Crippen LogP contribution in [0.1, 0.15) is 6.92 Å². The number of carbonyl (C=O) groups is 1. The molecule has 0 aliphatic carbocycles. The summed E-state index contributed by atoms with van der Waals surface area (Å²) in [4.78, 5) is 18.3. The number of amides is 1. The maximum Gasteiger partial charge on any atom is 0.239 e. The topological polar surface area (TPSA) is 36.0 Å². The van der Waals surface area contributed by atoms with Crippen molar-refractivity contribution in [3.8, 4) is 5.75 Å². The van der Waals surface area contributed by atoms with Gasteiger partial charge in [-0.05, 0) is 19.1 Å². The molecule has 1 aromatic rings. The Balaban J connectivity index is 1.95. The second kappa shape index (κ2) is 6.80. The van der Waals surface area contributed by atoms with Gasteiger partial charge in [-0.3, -0.25) is 9.69 Å². The molecule has 0 radical (unpaired) electrons. The molecule has 116 valence electrons. The zero-order valence-electron chi connectivity index (χ0n) is 13.4. The fraction of sp³-hybridized carbons (Fsp3) is 0.562. The minimum atomic E-state index is -0.0486. The number of carbonyl (C=O) groups excluding carboxylic acids is 1. The maximum absolute atomic E-state index is 12.0. The molecule has 0 aromatic heterocycles. The minimum absolute atomic E-state index is 0.0486. The van der Waals surface area contributed by atoms with Crippen LogP contribution in [0.4, 0.5) is 5.69 Å². The molecular weight excluding hydrogens is 266 g/mol. The summed E-state index contributed by atoms with van der Waals surface area (Å²) < 4.78 is 5.28. The Hall–Kier alpha value is -1.75. The van der Waals surface area contributed by atoms with Crippen molar-refractivity contribution in [1.29, 1.82) is 0 Å². The van der Waals surface area contributed by atoms with Crippen molar-refractivity contribution in [3.63, 3.8) is 0 Å². The molecule has 1 saturated heterocycles. The first-order valence-corrected chi connectivity index (χ1v) is 7.37. The fourth-order valence-electron chi connectivity index (χ4n) is 2.70. The molecule has 1 amide bonds. The number of rotatable bonds is 4. The van der Waals surface area contributed by atoms with E-state index >= 15 is 0 Å². The molecule has 5 nitrogen and oxygen atoms in total. The van der Waals surface area contributed by atoms with Crippen molar-refractivity contribution in [3.05, 3.63) is 24.3 Å². The third kappa shape index (κ3) is 3.67. The predicted molar refractivity (Wildman–Crippen MR) is 84.9 cm³/mol. The number of hydrogen-bond acceptors (Lipinski definition) is 4. The number of nitrogens with zero attached hydrogens (tertiary/aromatic N) is 3. The zero-order valence-corrected chi connectivity index (χ0v) is 13.4. The number of benzene rings is 1. The van der Waals surface area contributed by atoms with Crippen molar-refractivity contribution in [2.45, 2.75) is 13.0 Å². The van der Waals surface area contributed by atoms with Gasteiger partial charge in [-0.2, -0.15) is 0 Å². The van der Waals surface area contributed by atoms with Crippen LogP contribution in [0.2, 0.25) is 0 Å². The van der Waals surface area contributed by atoms with Crippen LogP contribution in [0.5, 0.6) is 5.75 Å². The monoisotopic (exact) mass is 291 g/mol. The first-order valence-electron chi connectivity index (χ1n) is 7.37. The molecule has 1 aromatic carbocycles. The number of ether oxygens (including phenoxy) is 1. The lowest BCUT2D eigenvalue weighted by Crippen LogP contribution is -2.53. The molecule has 0 N–H and O–H groups in total. The van der Waals surface area contributed by atoms with E-state index in [2.05, 4.69) is 21.9 Å². The second-order valence-corrected chi connectivity index (χ2v) is 5.63. The first kappa shape index (κ1) is 15.6. The van der Waals surface area contributed by atoms with E-state index in [0.717, 1.165) is 31.9 Å². The minimum Gasteiger partial charge on any atom is -0.497 e. The van der Waals surface area contributed by atoms with E-state index in [0.29, 0.717) is 0 Å². The van der Waals surface area contributed by atoms with E-state index in [4.69, 9.17) is 4.74 Å². The van der Waals surface area contributed by atoms with Gasteiger partial charge in [0.15, 0.2) is 0 Å². The van der Waals surface area contributed by atoms with Gasteiger partial charge in [-0.15, -0.1) is 0 Å². The van der Waals surface area contributed by atoms with Crippen molar-refractivity contribution >= 4 is 11.6 Å². The van der Waals surface area contributed by atoms with Crippen LogP contribution >= 0.6 is 0 Å². The summed E-state index contributed by atoms with van der Waals surface area (Å²) in [6.45, 7) is 5.65.